The molecule has 0 saturated carbocycles. The van der Waals surface area contributed by atoms with Crippen molar-refractivity contribution in [3.8, 4) is 0 Å². The Morgan fingerprint density at radius 1 is 1.44 bits per heavy atom. The molecule has 0 spiro atoms. The van der Waals surface area contributed by atoms with Crippen molar-refractivity contribution < 1.29 is 9.53 Å². The minimum absolute atomic E-state index is 0.643. The van der Waals surface area contributed by atoms with Gasteiger partial charge in [0.15, 0.2) is 3.61 Å². The largest absolute Gasteiger partial charge is 0.428 e. The third-order valence-corrected chi connectivity index (χ3v) is 4.05. The lowest BCUT2D eigenvalue weighted by molar-refractivity contribution is 0.0837. The van der Waals surface area contributed by atoms with Crippen molar-refractivity contribution in [2.75, 3.05) is 20.6 Å². The van der Waals surface area contributed by atoms with E-state index >= 15 is 0 Å². The summed E-state index contributed by atoms with van der Waals surface area (Å²) >= 11 is 7.96. The molecule has 0 aliphatic heterocycles. The molecule has 1 amide bonds. The van der Waals surface area contributed by atoms with Crippen LogP contribution in [-0.2, 0) is 8.34 Å². The molecule has 0 aromatic heterocycles. The highest BCUT2D eigenvalue weighted by Gasteiger charge is 2.32. The fraction of sp³-hybridized carbons (Fsp3) is 0.417. The molecule has 18 heavy (non-hydrogen) atoms. The summed E-state index contributed by atoms with van der Waals surface area (Å²) in [6.07, 6.45) is -0.136. The van der Waals surface area contributed by atoms with Crippen LogP contribution in [0.1, 0.15) is 12.0 Å². The first-order valence-electron chi connectivity index (χ1n) is 5.41. The number of halogens is 2. The van der Waals surface area contributed by atoms with Gasteiger partial charge in [-0.1, -0.05) is 23.7 Å². The van der Waals surface area contributed by atoms with Gasteiger partial charge < -0.3 is 15.4 Å². The van der Waals surface area contributed by atoms with Gasteiger partial charge in [0, 0.05) is 23.6 Å². The number of carbonyl (C=O) groups excluding carboxylic acids is 1. The summed E-state index contributed by atoms with van der Waals surface area (Å²) in [4.78, 5) is 13.1. The fourth-order valence-corrected chi connectivity index (χ4v) is 2.42. The third kappa shape index (κ3) is 4.62. The Labute approximate surface area is 126 Å². The van der Waals surface area contributed by atoms with Crippen molar-refractivity contribution in [2.45, 2.75) is 10.0 Å². The summed E-state index contributed by atoms with van der Waals surface area (Å²) in [5.74, 6) is 0. The van der Waals surface area contributed by atoms with Gasteiger partial charge in [0.05, 0.1) is 0 Å². The smallest absolute Gasteiger partial charge is 0.406 e. The number of alkyl halides is 1. The maximum Gasteiger partial charge on any atom is 0.406 e. The van der Waals surface area contributed by atoms with Crippen LogP contribution in [0, 0.1) is 0 Å². The number of amides is 1. The Bertz CT molecular complexity index is 411. The van der Waals surface area contributed by atoms with E-state index in [1.807, 2.05) is 31.1 Å². The number of benzene rings is 1. The number of hydrogen-bond donors (Lipinski definition) is 1. The normalized spacial score (nSPS) is 14.3. The van der Waals surface area contributed by atoms with E-state index in [4.69, 9.17) is 22.1 Å². The van der Waals surface area contributed by atoms with Crippen molar-refractivity contribution in [1.29, 1.82) is 0 Å². The van der Waals surface area contributed by atoms with E-state index < -0.39 is 9.70 Å². The molecular weight excluding hydrogens is 367 g/mol. The molecule has 0 radical (unpaired) electrons. The van der Waals surface area contributed by atoms with E-state index in [1.54, 1.807) is 12.1 Å². The molecule has 1 aromatic carbocycles. The highest BCUT2D eigenvalue weighted by Crippen LogP contribution is 2.37. The van der Waals surface area contributed by atoms with Crippen LogP contribution in [0.5, 0.6) is 0 Å². The van der Waals surface area contributed by atoms with Gasteiger partial charge in [0.1, 0.15) is 0 Å². The lowest BCUT2D eigenvalue weighted by Crippen LogP contribution is -2.32. The predicted octanol–water partition coefficient (Wildman–Crippen LogP) is 2.97. The third-order valence-electron chi connectivity index (χ3n) is 2.42. The van der Waals surface area contributed by atoms with Crippen molar-refractivity contribution in [3.63, 3.8) is 0 Å². The Morgan fingerprint density at radius 3 is 2.44 bits per heavy atom. The molecule has 0 bridgehead atoms. The molecule has 0 fully saturated rings. The molecule has 0 saturated heterocycles. The quantitative estimate of drug-likeness (QED) is 0.629. The first-order valence-corrected chi connectivity index (χ1v) is 6.87. The maximum atomic E-state index is 11.1. The van der Waals surface area contributed by atoms with E-state index in [2.05, 4.69) is 22.6 Å². The van der Waals surface area contributed by atoms with Gasteiger partial charge >= 0.3 is 6.09 Å². The summed E-state index contributed by atoms with van der Waals surface area (Å²) in [6.45, 7) is 0.777. The van der Waals surface area contributed by atoms with Gasteiger partial charge in [-0.05, 0) is 48.8 Å². The molecule has 6 heteroatoms. The van der Waals surface area contributed by atoms with Crippen LogP contribution in [0.25, 0.3) is 0 Å². The lowest BCUT2D eigenvalue weighted by atomic mass is 10.1. The van der Waals surface area contributed by atoms with Gasteiger partial charge in [-0.3, -0.25) is 0 Å². The van der Waals surface area contributed by atoms with Gasteiger partial charge in [-0.15, -0.1) is 0 Å². The molecule has 0 aliphatic carbocycles. The average molecular weight is 383 g/mol. The maximum absolute atomic E-state index is 11.1. The van der Waals surface area contributed by atoms with Gasteiger partial charge in [-0.25, -0.2) is 4.79 Å². The minimum atomic E-state index is -0.780. The van der Waals surface area contributed by atoms with Crippen LogP contribution < -0.4 is 5.73 Å². The number of rotatable bonds is 5. The zero-order valence-electron chi connectivity index (χ0n) is 10.3. The van der Waals surface area contributed by atoms with Gasteiger partial charge in [0.25, 0.3) is 0 Å². The zero-order chi connectivity index (χ0) is 13.8. The SMILES string of the molecule is CN(C)CCC(I)(OC(N)=O)c1ccc(Cl)cc1. The Kier molecular flexibility index (Phi) is 5.68. The summed E-state index contributed by atoms with van der Waals surface area (Å²) in [6, 6.07) is 7.22. The van der Waals surface area contributed by atoms with Crippen LogP contribution in [-0.4, -0.2) is 31.6 Å². The van der Waals surface area contributed by atoms with E-state index in [9.17, 15) is 4.79 Å². The van der Waals surface area contributed by atoms with Crippen molar-refractivity contribution in [2.24, 2.45) is 5.73 Å². The fourth-order valence-electron chi connectivity index (χ4n) is 1.48. The Morgan fingerprint density at radius 2 is 2.00 bits per heavy atom. The second kappa shape index (κ2) is 6.58. The molecular formula is C12H16ClIN2O2. The molecule has 100 valence electrons. The highest BCUT2D eigenvalue weighted by atomic mass is 127. The van der Waals surface area contributed by atoms with Crippen molar-refractivity contribution in [1.82, 2.24) is 4.90 Å². The van der Waals surface area contributed by atoms with Crippen LogP contribution in [0.15, 0.2) is 24.3 Å². The lowest BCUT2D eigenvalue weighted by Gasteiger charge is -2.28. The molecule has 0 aliphatic rings. The standard InChI is InChI=1S/C12H16ClIN2O2/c1-16(2)8-7-12(14,18-11(15)17)9-3-5-10(13)6-4-9/h3-6H,7-8H2,1-2H3,(H2,15,17). The van der Waals surface area contributed by atoms with E-state index in [-0.39, 0.29) is 0 Å². The highest BCUT2D eigenvalue weighted by molar-refractivity contribution is 14.1. The number of ether oxygens (including phenoxy) is 1. The van der Waals surface area contributed by atoms with Crippen molar-refractivity contribution in [3.05, 3.63) is 34.9 Å². The average Bonchev–Trinajstić information content (AvgIpc) is 2.26. The number of carbonyl (C=O) groups is 1. The zero-order valence-corrected chi connectivity index (χ0v) is 13.2. The minimum Gasteiger partial charge on any atom is -0.428 e. The molecule has 1 aromatic rings. The first kappa shape index (κ1) is 15.5. The number of hydrogen-bond acceptors (Lipinski definition) is 3. The second-order valence-corrected chi connectivity index (χ2v) is 6.39. The summed E-state index contributed by atoms with van der Waals surface area (Å²) < 4.78 is 4.50. The molecule has 2 N–H and O–H groups in total. The van der Waals surface area contributed by atoms with Gasteiger partial charge in [-0.2, -0.15) is 0 Å². The number of nitrogens with two attached hydrogens (primary N) is 1. The van der Waals surface area contributed by atoms with Crippen LogP contribution >= 0.6 is 34.2 Å². The van der Waals surface area contributed by atoms with Gasteiger partial charge in [0.2, 0.25) is 0 Å². The summed E-state index contributed by atoms with van der Waals surface area (Å²) in [5, 5.41) is 0.643. The molecule has 1 atom stereocenters. The Hall–Kier alpha value is -0.530. The second-order valence-electron chi connectivity index (χ2n) is 4.21. The molecule has 1 rings (SSSR count). The van der Waals surface area contributed by atoms with Crippen LogP contribution in [0.3, 0.4) is 0 Å². The number of nitrogens with zero attached hydrogens (tertiary/aromatic N) is 1. The predicted molar refractivity (Wildman–Crippen MR) is 81.0 cm³/mol. The first-order chi connectivity index (χ1) is 8.33. The van der Waals surface area contributed by atoms with Crippen LogP contribution in [0.4, 0.5) is 4.79 Å². The van der Waals surface area contributed by atoms with E-state index in [0.717, 1.165) is 12.1 Å². The summed E-state index contributed by atoms with van der Waals surface area (Å²) in [5.41, 5.74) is 6.02. The topological polar surface area (TPSA) is 55.6 Å². The van der Waals surface area contributed by atoms with Crippen LogP contribution in [0.2, 0.25) is 5.02 Å². The Balaban J connectivity index is 2.95. The molecule has 4 nitrogen and oxygen atoms in total. The summed E-state index contributed by atoms with van der Waals surface area (Å²) in [7, 11) is 3.92. The number of primary amides is 1. The molecule has 1 unspecified atom stereocenters. The van der Waals surface area contributed by atoms with Crippen molar-refractivity contribution >= 4 is 40.3 Å². The monoisotopic (exact) mass is 382 g/mol. The van der Waals surface area contributed by atoms with E-state index in [1.165, 1.54) is 0 Å². The van der Waals surface area contributed by atoms with E-state index in [0.29, 0.717) is 11.4 Å². The molecule has 0 heterocycles.